The van der Waals surface area contributed by atoms with E-state index >= 15 is 0 Å². The molecule has 0 spiro atoms. The lowest BCUT2D eigenvalue weighted by molar-refractivity contribution is 0.102. The minimum Gasteiger partial charge on any atom is -0.384 e. The average molecular weight is 338 g/mol. The molecule has 2 aromatic rings. The summed E-state index contributed by atoms with van der Waals surface area (Å²) in [5, 5.41) is 6.97. The number of nitrogens with two attached hydrogens (primary N) is 1. The molecule has 0 unspecified atom stereocenters. The number of aromatic amines is 2. The third kappa shape index (κ3) is 3.89. The lowest BCUT2D eigenvalue weighted by Gasteiger charge is -2.13. The standard InChI is InChI=1S/C13H18N6O3S/c1-6(2)4-19-10(14)9(11(21)16-13(19)22)8(20)5-23-12-15-7(3)17-18-12/h6H,4-5,14H2,1-3H3,(H,15,17,18)(H,16,21,22). The second-order valence-electron chi connectivity index (χ2n) is 5.44. The maximum atomic E-state index is 12.3. The Labute approximate surface area is 135 Å². The van der Waals surface area contributed by atoms with Gasteiger partial charge in [-0.3, -0.25) is 24.2 Å². The number of anilines is 1. The van der Waals surface area contributed by atoms with Crippen molar-refractivity contribution >= 4 is 23.4 Å². The predicted molar refractivity (Wildman–Crippen MR) is 86.7 cm³/mol. The van der Waals surface area contributed by atoms with Gasteiger partial charge in [-0.15, -0.1) is 5.10 Å². The van der Waals surface area contributed by atoms with Gasteiger partial charge in [-0.25, -0.2) is 9.78 Å². The number of hydrogen-bond acceptors (Lipinski definition) is 7. The van der Waals surface area contributed by atoms with Gasteiger partial charge < -0.3 is 5.73 Å². The van der Waals surface area contributed by atoms with E-state index in [1.165, 1.54) is 4.57 Å². The van der Waals surface area contributed by atoms with Gasteiger partial charge in [0.2, 0.25) is 5.16 Å². The number of thioether (sulfide) groups is 1. The molecule has 0 amide bonds. The maximum absolute atomic E-state index is 12.3. The van der Waals surface area contributed by atoms with E-state index in [0.717, 1.165) is 11.8 Å². The average Bonchev–Trinajstić information content (AvgIpc) is 2.86. The van der Waals surface area contributed by atoms with Gasteiger partial charge in [-0.1, -0.05) is 25.6 Å². The summed E-state index contributed by atoms with van der Waals surface area (Å²) >= 11 is 1.09. The van der Waals surface area contributed by atoms with E-state index < -0.39 is 17.0 Å². The molecule has 0 atom stereocenters. The van der Waals surface area contributed by atoms with Gasteiger partial charge in [0, 0.05) is 6.54 Å². The van der Waals surface area contributed by atoms with Crippen LogP contribution in [-0.2, 0) is 6.54 Å². The number of H-pyrrole nitrogens is 2. The highest BCUT2D eigenvalue weighted by molar-refractivity contribution is 7.99. The molecule has 4 N–H and O–H groups in total. The molecule has 0 aliphatic rings. The first kappa shape index (κ1) is 17.0. The Morgan fingerprint density at radius 1 is 1.39 bits per heavy atom. The molecule has 0 aliphatic carbocycles. The second kappa shape index (κ2) is 6.82. The van der Waals surface area contributed by atoms with Crippen LogP contribution in [0.5, 0.6) is 0 Å². The van der Waals surface area contributed by atoms with Crippen molar-refractivity contribution in [2.45, 2.75) is 32.5 Å². The Hall–Kier alpha value is -2.36. The van der Waals surface area contributed by atoms with Crippen molar-refractivity contribution in [2.24, 2.45) is 5.92 Å². The molecule has 0 saturated heterocycles. The predicted octanol–water partition coefficient (Wildman–Crippen LogP) is 0.176. The van der Waals surface area contributed by atoms with Gasteiger partial charge in [-0.05, 0) is 12.8 Å². The van der Waals surface area contributed by atoms with Crippen molar-refractivity contribution in [1.82, 2.24) is 24.7 Å². The summed E-state index contributed by atoms with van der Waals surface area (Å²) in [4.78, 5) is 42.3. The Morgan fingerprint density at radius 3 is 2.65 bits per heavy atom. The van der Waals surface area contributed by atoms with Crippen LogP contribution in [0.15, 0.2) is 14.7 Å². The lowest BCUT2D eigenvalue weighted by Crippen LogP contribution is -2.37. The minimum atomic E-state index is -0.774. The van der Waals surface area contributed by atoms with Gasteiger partial charge >= 0.3 is 5.69 Å². The molecule has 10 heteroatoms. The number of aromatic nitrogens is 5. The summed E-state index contributed by atoms with van der Waals surface area (Å²) in [6, 6.07) is 0. The highest BCUT2D eigenvalue weighted by Crippen LogP contribution is 2.15. The fourth-order valence-electron chi connectivity index (χ4n) is 1.99. The Kier molecular flexibility index (Phi) is 5.04. The molecule has 124 valence electrons. The minimum absolute atomic E-state index is 0.0511. The molecule has 0 aromatic carbocycles. The summed E-state index contributed by atoms with van der Waals surface area (Å²) in [5.41, 5.74) is 4.29. The van der Waals surface area contributed by atoms with Crippen LogP contribution in [0.2, 0.25) is 0 Å². The first-order valence-electron chi connectivity index (χ1n) is 6.97. The molecule has 23 heavy (non-hydrogen) atoms. The first-order chi connectivity index (χ1) is 10.8. The number of ketones is 1. The zero-order valence-corrected chi connectivity index (χ0v) is 13.9. The molecule has 2 heterocycles. The third-order valence-electron chi connectivity index (χ3n) is 2.98. The van der Waals surface area contributed by atoms with Crippen LogP contribution in [0.3, 0.4) is 0 Å². The quantitative estimate of drug-likeness (QED) is 0.504. The Balaban J connectivity index is 2.29. The van der Waals surface area contributed by atoms with Crippen LogP contribution in [0.1, 0.15) is 30.0 Å². The molecule has 2 aromatic heterocycles. The second-order valence-corrected chi connectivity index (χ2v) is 6.38. The Morgan fingerprint density at radius 2 is 2.09 bits per heavy atom. The molecular formula is C13H18N6O3S. The van der Waals surface area contributed by atoms with Crippen LogP contribution >= 0.6 is 11.8 Å². The van der Waals surface area contributed by atoms with Crippen LogP contribution in [-0.4, -0.2) is 36.3 Å². The lowest BCUT2D eigenvalue weighted by atomic mass is 10.2. The number of rotatable bonds is 6. The molecule has 0 fully saturated rings. The smallest absolute Gasteiger partial charge is 0.329 e. The highest BCUT2D eigenvalue weighted by Gasteiger charge is 2.20. The molecule has 0 bridgehead atoms. The zero-order chi connectivity index (χ0) is 17.1. The maximum Gasteiger partial charge on any atom is 0.329 e. The van der Waals surface area contributed by atoms with Crippen molar-refractivity contribution < 1.29 is 4.79 Å². The normalized spacial score (nSPS) is 11.1. The van der Waals surface area contributed by atoms with Crippen molar-refractivity contribution in [3.8, 4) is 0 Å². The van der Waals surface area contributed by atoms with Crippen LogP contribution in [0.25, 0.3) is 0 Å². The summed E-state index contributed by atoms with van der Waals surface area (Å²) in [6.45, 7) is 5.86. The third-order valence-corrected chi connectivity index (χ3v) is 3.82. The fraction of sp³-hybridized carbons (Fsp3) is 0.462. The van der Waals surface area contributed by atoms with Gasteiger partial charge in [0.25, 0.3) is 5.56 Å². The summed E-state index contributed by atoms with van der Waals surface area (Å²) in [5.74, 6) is 0.125. The van der Waals surface area contributed by atoms with Gasteiger partial charge in [0.1, 0.15) is 17.2 Å². The zero-order valence-electron chi connectivity index (χ0n) is 13.0. The van der Waals surface area contributed by atoms with Crippen molar-refractivity contribution in [2.75, 3.05) is 11.5 Å². The van der Waals surface area contributed by atoms with Crippen LogP contribution in [0.4, 0.5) is 5.82 Å². The molecule has 0 saturated carbocycles. The number of nitrogen functional groups attached to an aromatic ring is 1. The molecule has 9 nitrogen and oxygen atoms in total. The SMILES string of the molecule is Cc1nc(SCC(=O)c2c(N)n(CC(C)C)c(=O)[nH]c2=O)n[nH]1. The van der Waals surface area contributed by atoms with Crippen molar-refractivity contribution in [3.63, 3.8) is 0 Å². The Bertz CT molecular complexity index is 835. The molecule has 2 rings (SSSR count). The van der Waals surface area contributed by atoms with E-state index in [4.69, 9.17) is 5.73 Å². The number of aryl methyl sites for hydroxylation is 1. The van der Waals surface area contributed by atoms with Gasteiger partial charge in [0.15, 0.2) is 5.78 Å². The number of carbonyl (C=O) groups is 1. The molecule has 0 aliphatic heterocycles. The largest absolute Gasteiger partial charge is 0.384 e. The monoisotopic (exact) mass is 338 g/mol. The van der Waals surface area contributed by atoms with E-state index in [0.29, 0.717) is 17.5 Å². The summed E-state index contributed by atoms with van der Waals surface area (Å²) < 4.78 is 1.21. The molecule has 0 radical (unpaired) electrons. The fourth-order valence-corrected chi connectivity index (χ4v) is 2.71. The summed E-state index contributed by atoms with van der Waals surface area (Å²) in [6.07, 6.45) is 0. The topological polar surface area (TPSA) is 140 Å². The molecular weight excluding hydrogens is 320 g/mol. The van der Waals surface area contributed by atoms with Crippen molar-refractivity contribution in [1.29, 1.82) is 0 Å². The van der Waals surface area contributed by atoms with E-state index in [1.54, 1.807) is 6.92 Å². The van der Waals surface area contributed by atoms with Crippen molar-refractivity contribution in [3.05, 3.63) is 32.2 Å². The van der Waals surface area contributed by atoms with Gasteiger partial charge in [0.05, 0.1) is 5.75 Å². The number of nitrogens with zero attached hydrogens (tertiary/aromatic N) is 3. The van der Waals surface area contributed by atoms with Crippen LogP contribution < -0.4 is 17.0 Å². The van der Waals surface area contributed by atoms with Crippen LogP contribution in [0, 0.1) is 12.8 Å². The number of Topliss-reactive ketones (excluding diaryl/α,β-unsaturated/α-hetero) is 1. The van der Waals surface area contributed by atoms with E-state index in [1.807, 2.05) is 13.8 Å². The first-order valence-corrected chi connectivity index (χ1v) is 7.95. The number of carbonyl (C=O) groups excluding carboxylic acids is 1. The van der Waals surface area contributed by atoms with E-state index in [9.17, 15) is 14.4 Å². The number of hydrogen-bond donors (Lipinski definition) is 3. The highest BCUT2D eigenvalue weighted by atomic mass is 32.2. The summed E-state index contributed by atoms with van der Waals surface area (Å²) in [7, 11) is 0. The van der Waals surface area contributed by atoms with E-state index in [2.05, 4.69) is 20.2 Å². The van der Waals surface area contributed by atoms with E-state index in [-0.39, 0.29) is 23.1 Å². The number of nitrogens with one attached hydrogen (secondary N) is 2. The van der Waals surface area contributed by atoms with Gasteiger partial charge in [-0.2, -0.15) is 0 Å².